The summed E-state index contributed by atoms with van der Waals surface area (Å²) >= 11 is 14.2. The average molecular weight is 570 g/mol. The van der Waals surface area contributed by atoms with Gasteiger partial charge in [-0.2, -0.15) is 0 Å². The Hall–Kier alpha value is 0.160. The van der Waals surface area contributed by atoms with E-state index < -0.39 is 0 Å². The third-order valence-electron chi connectivity index (χ3n) is 3.58. The second-order valence-corrected chi connectivity index (χ2v) is 7.61. The molecule has 0 aliphatic heterocycles. The van der Waals surface area contributed by atoms with Gasteiger partial charge in [-0.05, 0) is 46.9 Å². The number of alkyl halides is 4. The van der Waals surface area contributed by atoms with Gasteiger partial charge in [0.15, 0.2) is 0 Å². The van der Waals surface area contributed by atoms with E-state index in [0.29, 0.717) is 6.61 Å². The lowest BCUT2D eigenvalue weighted by Crippen LogP contribution is -2.04. The van der Waals surface area contributed by atoms with Crippen molar-refractivity contribution < 1.29 is 4.74 Å². The van der Waals surface area contributed by atoms with E-state index in [9.17, 15) is 0 Å². The monoisotopic (exact) mass is 566 g/mol. The van der Waals surface area contributed by atoms with Gasteiger partial charge in [0, 0.05) is 21.3 Å². The molecule has 0 aliphatic rings. The van der Waals surface area contributed by atoms with Crippen molar-refractivity contribution in [2.24, 2.45) is 0 Å². The summed E-state index contributed by atoms with van der Waals surface area (Å²) in [7, 11) is 0. The van der Waals surface area contributed by atoms with Crippen LogP contribution in [0.5, 0.6) is 5.75 Å². The molecule has 0 spiro atoms. The van der Waals surface area contributed by atoms with Crippen molar-refractivity contribution in [3.63, 3.8) is 0 Å². The van der Waals surface area contributed by atoms with E-state index in [1.54, 1.807) is 0 Å². The molecule has 2 rings (SSSR count). The fourth-order valence-electron chi connectivity index (χ4n) is 2.52. The number of hydrogen-bond donors (Lipinski definition) is 0. The Bertz CT molecular complexity index is 623. The Morgan fingerprint density at radius 1 is 0.739 bits per heavy atom. The first-order valence-electron chi connectivity index (χ1n) is 7.22. The smallest absolute Gasteiger partial charge is 0.120 e. The minimum absolute atomic E-state index is 0.579. The number of rotatable bonds is 7. The molecule has 0 atom stereocenters. The Morgan fingerprint density at radius 2 is 1.26 bits per heavy atom. The molecule has 0 saturated carbocycles. The molecule has 0 heterocycles. The van der Waals surface area contributed by atoms with Gasteiger partial charge in [-0.25, -0.2) is 0 Å². The highest BCUT2D eigenvalue weighted by Crippen LogP contribution is 2.26. The third-order valence-corrected chi connectivity index (χ3v) is 6.09. The highest BCUT2D eigenvalue weighted by molar-refractivity contribution is 9.09. The molecular formula is C18H18Br4O. The van der Waals surface area contributed by atoms with Crippen LogP contribution in [0.15, 0.2) is 30.3 Å². The number of halogens is 4. The van der Waals surface area contributed by atoms with Crippen LogP contribution in [-0.4, -0.2) is 0 Å². The van der Waals surface area contributed by atoms with E-state index in [1.807, 2.05) is 0 Å². The fraction of sp³-hybridized carbons (Fsp3) is 0.333. The summed E-state index contributed by atoms with van der Waals surface area (Å²) in [6.45, 7) is 2.71. The van der Waals surface area contributed by atoms with Gasteiger partial charge >= 0.3 is 0 Å². The molecule has 1 nitrogen and oxygen atoms in total. The normalized spacial score (nSPS) is 10.8. The van der Waals surface area contributed by atoms with Crippen molar-refractivity contribution in [2.45, 2.75) is 34.9 Å². The van der Waals surface area contributed by atoms with Crippen molar-refractivity contribution in [3.05, 3.63) is 63.7 Å². The molecule has 0 amide bonds. The van der Waals surface area contributed by atoms with E-state index in [1.165, 1.54) is 33.4 Å². The Kier molecular flexibility index (Phi) is 8.13. The number of hydrogen-bond acceptors (Lipinski definition) is 1. The zero-order valence-electron chi connectivity index (χ0n) is 12.8. The van der Waals surface area contributed by atoms with Gasteiger partial charge in [0.2, 0.25) is 0 Å². The summed E-state index contributed by atoms with van der Waals surface area (Å²) < 4.78 is 6.12. The van der Waals surface area contributed by atoms with Crippen LogP contribution in [0.2, 0.25) is 0 Å². The van der Waals surface area contributed by atoms with Crippen molar-refractivity contribution in [3.8, 4) is 5.75 Å². The quantitative estimate of drug-likeness (QED) is 0.322. The zero-order chi connectivity index (χ0) is 16.8. The van der Waals surface area contributed by atoms with Gasteiger partial charge in [0.05, 0.1) is 0 Å². The topological polar surface area (TPSA) is 9.23 Å². The average Bonchev–Trinajstić information content (AvgIpc) is 2.59. The van der Waals surface area contributed by atoms with Gasteiger partial charge in [-0.1, -0.05) is 87.5 Å². The summed E-state index contributed by atoms with van der Waals surface area (Å²) in [6, 6.07) is 10.8. The molecule has 5 heteroatoms. The number of aryl methyl sites for hydroxylation is 1. The zero-order valence-corrected chi connectivity index (χ0v) is 19.2. The molecule has 23 heavy (non-hydrogen) atoms. The predicted molar refractivity (Wildman–Crippen MR) is 112 cm³/mol. The molecule has 0 aromatic heterocycles. The lowest BCUT2D eigenvalue weighted by Gasteiger charge is -2.16. The van der Waals surface area contributed by atoms with Crippen LogP contribution in [0.4, 0.5) is 0 Å². The minimum atomic E-state index is 0.579. The maximum atomic E-state index is 6.12. The first-order chi connectivity index (χ1) is 11.1. The number of benzene rings is 2. The molecule has 0 saturated heterocycles. The standard InChI is InChI=1S/C18H18Br4O/c1-12-2-15(9-21)18(16(3-12)10-22)11-23-17-5-13(7-19)4-14(6-17)8-20/h2-6H,7-11H2,1H3. The van der Waals surface area contributed by atoms with Gasteiger partial charge in [-0.15, -0.1) is 0 Å². The van der Waals surface area contributed by atoms with E-state index in [0.717, 1.165) is 27.1 Å². The summed E-state index contributed by atoms with van der Waals surface area (Å²) in [5.41, 5.74) is 7.56. The van der Waals surface area contributed by atoms with Gasteiger partial charge in [0.1, 0.15) is 12.4 Å². The Labute approximate surface area is 171 Å². The van der Waals surface area contributed by atoms with Crippen LogP contribution in [0.1, 0.15) is 33.4 Å². The molecule has 0 bridgehead atoms. The third kappa shape index (κ3) is 5.32. The molecule has 2 aromatic rings. The highest BCUT2D eigenvalue weighted by atomic mass is 79.9. The molecule has 0 aliphatic carbocycles. The molecule has 0 N–H and O–H groups in total. The molecule has 0 radical (unpaired) electrons. The lowest BCUT2D eigenvalue weighted by atomic mass is 10.0. The molecule has 2 aromatic carbocycles. The Morgan fingerprint density at radius 3 is 1.70 bits per heavy atom. The van der Waals surface area contributed by atoms with E-state index in [2.05, 4.69) is 101 Å². The first kappa shape index (κ1) is 19.5. The summed E-state index contributed by atoms with van der Waals surface area (Å²) in [5, 5.41) is 3.32. The lowest BCUT2D eigenvalue weighted by molar-refractivity contribution is 0.304. The number of ether oxygens (including phenoxy) is 1. The van der Waals surface area contributed by atoms with Gasteiger partial charge in [-0.3, -0.25) is 0 Å². The van der Waals surface area contributed by atoms with Crippen molar-refractivity contribution in [1.29, 1.82) is 0 Å². The van der Waals surface area contributed by atoms with Crippen LogP contribution in [0, 0.1) is 6.92 Å². The molecule has 0 unspecified atom stereocenters. The SMILES string of the molecule is Cc1cc(CBr)c(COc2cc(CBr)cc(CBr)c2)c(CBr)c1. The van der Waals surface area contributed by atoms with Crippen molar-refractivity contribution in [1.82, 2.24) is 0 Å². The summed E-state index contributed by atoms with van der Waals surface area (Å²) in [6.07, 6.45) is 0. The maximum absolute atomic E-state index is 6.12. The van der Waals surface area contributed by atoms with Crippen molar-refractivity contribution >= 4 is 63.7 Å². The maximum Gasteiger partial charge on any atom is 0.120 e. The summed E-state index contributed by atoms with van der Waals surface area (Å²) in [4.78, 5) is 0. The molecule has 0 fully saturated rings. The van der Waals surface area contributed by atoms with Crippen LogP contribution < -0.4 is 4.74 Å². The van der Waals surface area contributed by atoms with Crippen molar-refractivity contribution in [2.75, 3.05) is 0 Å². The van der Waals surface area contributed by atoms with Crippen LogP contribution >= 0.6 is 63.7 Å². The minimum Gasteiger partial charge on any atom is -0.489 e. The van der Waals surface area contributed by atoms with Crippen LogP contribution in [0.25, 0.3) is 0 Å². The van der Waals surface area contributed by atoms with Gasteiger partial charge in [0.25, 0.3) is 0 Å². The van der Waals surface area contributed by atoms with E-state index in [-0.39, 0.29) is 0 Å². The molecular weight excluding hydrogens is 552 g/mol. The largest absolute Gasteiger partial charge is 0.489 e. The van der Waals surface area contributed by atoms with E-state index in [4.69, 9.17) is 4.74 Å². The second kappa shape index (κ2) is 9.59. The summed E-state index contributed by atoms with van der Waals surface area (Å²) in [5.74, 6) is 0.915. The second-order valence-electron chi connectivity index (χ2n) is 5.37. The Balaban J connectivity index is 2.27. The van der Waals surface area contributed by atoms with Crippen LogP contribution in [-0.2, 0) is 27.9 Å². The predicted octanol–water partition coefficient (Wildman–Crippen LogP) is 7.15. The first-order valence-corrected chi connectivity index (χ1v) is 11.7. The molecule has 124 valence electrons. The van der Waals surface area contributed by atoms with Gasteiger partial charge < -0.3 is 4.74 Å². The highest BCUT2D eigenvalue weighted by Gasteiger charge is 2.10. The van der Waals surface area contributed by atoms with E-state index >= 15 is 0 Å². The van der Waals surface area contributed by atoms with Crippen LogP contribution in [0.3, 0.4) is 0 Å². The fourth-order valence-corrected chi connectivity index (χ4v) is 4.17.